The summed E-state index contributed by atoms with van der Waals surface area (Å²) in [5, 5.41) is 9.44. The Morgan fingerprint density at radius 3 is 2.35 bits per heavy atom. The van der Waals surface area contributed by atoms with Crippen LogP contribution in [0.5, 0.6) is 0 Å². The Labute approximate surface area is 116 Å². The van der Waals surface area contributed by atoms with Crippen LogP contribution >= 0.6 is 0 Å². The summed E-state index contributed by atoms with van der Waals surface area (Å²) in [5.41, 5.74) is 4.05. The van der Waals surface area contributed by atoms with Crippen molar-refractivity contribution in [2.45, 2.75) is 25.2 Å². The molecule has 6 heteroatoms. The average molecular weight is 287 g/mol. The molecular weight excluding hydrogens is 268 g/mol. The van der Waals surface area contributed by atoms with Gasteiger partial charge in [-0.15, -0.1) is 0 Å². The maximum atomic E-state index is 13.3. The van der Waals surface area contributed by atoms with Gasteiger partial charge in [0.1, 0.15) is 17.0 Å². The molecule has 1 aromatic carbocycles. The van der Waals surface area contributed by atoms with Crippen molar-refractivity contribution in [3.05, 3.63) is 35.4 Å². The van der Waals surface area contributed by atoms with Crippen LogP contribution in [0.15, 0.2) is 18.2 Å². The normalized spacial score (nSPS) is 14.0. The molecule has 0 aliphatic rings. The van der Waals surface area contributed by atoms with Gasteiger partial charge in [-0.1, -0.05) is 6.92 Å². The third kappa shape index (κ3) is 3.74. The van der Waals surface area contributed by atoms with Crippen molar-refractivity contribution >= 4 is 5.97 Å². The smallest absolute Gasteiger partial charge is 0.315 e. The highest BCUT2D eigenvalue weighted by molar-refractivity contribution is 5.81. The number of carboxylic acids is 1. The summed E-state index contributed by atoms with van der Waals surface area (Å²) in [6.45, 7) is 2.32. The van der Waals surface area contributed by atoms with Crippen molar-refractivity contribution in [1.82, 2.24) is 0 Å². The minimum absolute atomic E-state index is 0.0186. The quantitative estimate of drug-likeness (QED) is 0.718. The van der Waals surface area contributed by atoms with Crippen molar-refractivity contribution in [3.8, 4) is 0 Å². The molecule has 0 fully saturated rings. The van der Waals surface area contributed by atoms with E-state index >= 15 is 0 Å². The average Bonchev–Trinajstić information content (AvgIpc) is 2.37. The van der Waals surface area contributed by atoms with Crippen LogP contribution in [0.25, 0.3) is 0 Å². The van der Waals surface area contributed by atoms with Gasteiger partial charge in [0, 0.05) is 25.8 Å². The van der Waals surface area contributed by atoms with Crippen molar-refractivity contribution < 1.29 is 23.4 Å². The second kappa shape index (κ2) is 7.31. The molecule has 0 aromatic heterocycles. The zero-order chi connectivity index (χ0) is 15.2. The first-order valence-corrected chi connectivity index (χ1v) is 6.44. The van der Waals surface area contributed by atoms with E-state index in [2.05, 4.69) is 0 Å². The minimum atomic E-state index is -1.54. The van der Waals surface area contributed by atoms with Crippen molar-refractivity contribution in [1.29, 1.82) is 0 Å². The SMILES string of the molecule is CCCOCCC(CN)(C(=O)O)c1cc(F)cc(F)c1. The molecule has 0 radical (unpaired) electrons. The third-order valence-corrected chi connectivity index (χ3v) is 3.19. The Morgan fingerprint density at radius 2 is 1.90 bits per heavy atom. The standard InChI is InChI=1S/C14H19F2NO3/c1-2-4-20-5-3-14(9-17,13(18)19)10-6-11(15)8-12(16)7-10/h6-8H,2-5,9,17H2,1H3,(H,18,19). The molecule has 1 atom stereocenters. The Balaban J connectivity index is 3.06. The number of hydrogen-bond donors (Lipinski definition) is 2. The van der Waals surface area contributed by atoms with Crippen LogP contribution in [0, 0.1) is 11.6 Å². The van der Waals surface area contributed by atoms with Gasteiger partial charge in [0.25, 0.3) is 0 Å². The number of aliphatic carboxylic acids is 1. The molecule has 112 valence electrons. The van der Waals surface area contributed by atoms with Crippen LogP contribution in [-0.2, 0) is 14.9 Å². The van der Waals surface area contributed by atoms with Gasteiger partial charge in [0.15, 0.2) is 0 Å². The zero-order valence-electron chi connectivity index (χ0n) is 11.4. The van der Waals surface area contributed by atoms with Gasteiger partial charge in [-0.05, 0) is 30.5 Å². The van der Waals surface area contributed by atoms with E-state index in [1.807, 2.05) is 6.92 Å². The molecule has 1 aromatic rings. The molecule has 0 heterocycles. The van der Waals surface area contributed by atoms with Crippen molar-refractivity contribution in [2.24, 2.45) is 5.73 Å². The van der Waals surface area contributed by atoms with Gasteiger partial charge in [-0.2, -0.15) is 0 Å². The monoisotopic (exact) mass is 287 g/mol. The van der Waals surface area contributed by atoms with E-state index in [1.165, 1.54) is 0 Å². The summed E-state index contributed by atoms with van der Waals surface area (Å²) in [5.74, 6) is -2.87. The zero-order valence-corrected chi connectivity index (χ0v) is 11.4. The van der Waals surface area contributed by atoms with E-state index in [0.717, 1.165) is 18.6 Å². The Morgan fingerprint density at radius 1 is 1.30 bits per heavy atom. The summed E-state index contributed by atoms with van der Waals surface area (Å²) in [6, 6.07) is 2.70. The Kier molecular flexibility index (Phi) is 6.04. The number of halogens is 2. The summed E-state index contributed by atoms with van der Waals surface area (Å²) >= 11 is 0. The molecule has 0 saturated heterocycles. The van der Waals surface area contributed by atoms with Gasteiger partial charge >= 0.3 is 5.97 Å². The van der Waals surface area contributed by atoms with Crippen LogP contribution in [0.4, 0.5) is 8.78 Å². The summed E-state index contributed by atoms with van der Waals surface area (Å²) in [6.07, 6.45) is 0.860. The van der Waals surface area contributed by atoms with Crippen LogP contribution in [-0.4, -0.2) is 30.8 Å². The predicted molar refractivity (Wildman–Crippen MR) is 70.5 cm³/mol. The van der Waals surface area contributed by atoms with Crippen LogP contribution < -0.4 is 5.73 Å². The summed E-state index contributed by atoms with van der Waals surface area (Å²) < 4.78 is 31.9. The van der Waals surface area contributed by atoms with Gasteiger partial charge in [-0.25, -0.2) is 8.78 Å². The Hall–Kier alpha value is -1.53. The number of benzene rings is 1. The predicted octanol–water partition coefficient (Wildman–Crippen LogP) is 2.06. The van der Waals surface area contributed by atoms with Gasteiger partial charge < -0.3 is 15.6 Å². The van der Waals surface area contributed by atoms with Crippen LogP contribution in [0.1, 0.15) is 25.3 Å². The first kappa shape index (κ1) is 16.5. The van der Waals surface area contributed by atoms with Gasteiger partial charge in [0.05, 0.1) is 0 Å². The fraction of sp³-hybridized carbons (Fsp3) is 0.500. The number of carbonyl (C=O) groups is 1. The lowest BCUT2D eigenvalue weighted by atomic mass is 9.77. The first-order valence-electron chi connectivity index (χ1n) is 6.44. The number of nitrogens with two attached hydrogens (primary N) is 1. The largest absolute Gasteiger partial charge is 0.481 e. The first-order chi connectivity index (χ1) is 9.46. The molecule has 0 aliphatic heterocycles. The van der Waals surface area contributed by atoms with Crippen molar-refractivity contribution in [3.63, 3.8) is 0 Å². The lowest BCUT2D eigenvalue weighted by Crippen LogP contribution is -2.44. The minimum Gasteiger partial charge on any atom is -0.481 e. The third-order valence-electron chi connectivity index (χ3n) is 3.19. The highest BCUT2D eigenvalue weighted by Crippen LogP contribution is 2.29. The number of carboxylic acid groups (broad SMARTS) is 1. The molecular formula is C14H19F2NO3. The number of rotatable bonds is 8. The topological polar surface area (TPSA) is 72.5 Å². The van der Waals surface area contributed by atoms with Crippen LogP contribution in [0.2, 0.25) is 0 Å². The lowest BCUT2D eigenvalue weighted by molar-refractivity contribution is -0.144. The van der Waals surface area contributed by atoms with E-state index in [0.29, 0.717) is 12.7 Å². The molecule has 0 bridgehead atoms. The van der Waals surface area contributed by atoms with Crippen molar-refractivity contribution in [2.75, 3.05) is 19.8 Å². The molecule has 20 heavy (non-hydrogen) atoms. The van der Waals surface area contributed by atoms with E-state index in [9.17, 15) is 18.7 Å². The fourth-order valence-corrected chi connectivity index (χ4v) is 2.00. The van der Waals surface area contributed by atoms with Gasteiger partial charge in [-0.3, -0.25) is 4.79 Å². The van der Waals surface area contributed by atoms with Gasteiger partial charge in [0.2, 0.25) is 0 Å². The summed E-state index contributed by atoms with van der Waals surface area (Å²) in [4.78, 5) is 11.6. The molecule has 0 spiro atoms. The van der Waals surface area contributed by atoms with E-state index in [1.54, 1.807) is 0 Å². The lowest BCUT2D eigenvalue weighted by Gasteiger charge is -2.28. The highest BCUT2D eigenvalue weighted by Gasteiger charge is 2.39. The Bertz CT molecular complexity index is 447. The molecule has 0 aliphatic carbocycles. The second-order valence-electron chi connectivity index (χ2n) is 4.61. The number of ether oxygens (including phenoxy) is 1. The number of hydrogen-bond acceptors (Lipinski definition) is 3. The summed E-state index contributed by atoms with van der Waals surface area (Å²) in [7, 11) is 0. The van der Waals surface area contributed by atoms with E-state index in [4.69, 9.17) is 10.5 Å². The maximum Gasteiger partial charge on any atom is 0.315 e. The molecule has 4 nitrogen and oxygen atoms in total. The van der Waals surface area contributed by atoms with E-state index < -0.39 is 23.0 Å². The highest BCUT2D eigenvalue weighted by atomic mass is 19.1. The second-order valence-corrected chi connectivity index (χ2v) is 4.61. The molecule has 0 saturated carbocycles. The fourth-order valence-electron chi connectivity index (χ4n) is 2.00. The molecule has 0 amide bonds. The molecule has 3 N–H and O–H groups in total. The maximum absolute atomic E-state index is 13.3. The molecule has 1 unspecified atom stereocenters. The van der Waals surface area contributed by atoms with Crippen LogP contribution in [0.3, 0.4) is 0 Å². The van der Waals surface area contributed by atoms with E-state index in [-0.39, 0.29) is 25.1 Å². The molecule has 1 rings (SSSR count).